The van der Waals surface area contributed by atoms with E-state index in [0.717, 1.165) is 37.1 Å². The Labute approximate surface area is 142 Å². The predicted octanol–water partition coefficient (Wildman–Crippen LogP) is 4.06. The van der Waals surface area contributed by atoms with Crippen molar-refractivity contribution in [1.29, 1.82) is 0 Å². The quantitative estimate of drug-likeness (QED) is 0.871. The van der Waals surface area contributed by atoms with Gasteiger partial charge >= 0.3 is 0 Å². The highest BCUT2D eigenvalue weighted by Gasteiger charge is 2.16. The van der Waals surface area contributed by atoms with Crippen molar-refractivity contribution in [2.24, 2.45) is 0 Å². The number of hydrogen-bond acceptors (Lipinski definition) is 3. The molecule has 4 nitrogen and oxygen atoms in total. The maximum absolute atomic E-state index is 12.5. The fourth-order valence-electron chi connectivity index (χ4n) is 2.84. The molecule has 24 heavy (non-hydrogen) atoms. The lowest BCUT2D eigenvalue weighted by atomic mass is 10.1. The van der Waals surface area contributed by atoms with Gasteiger partial charge < -0.3 is 14.8 Å². The number of carbonyl (C=O) groups excluding carboxylic acids is 1. The number of amides is 1. The summed E-state index contributed by atoms with van der Waals surface area (Å²) in [4.78, 5) is 12.5. The molecule has 0 bridgehead atoms. The van der Waals surface area contributed by atoms with E-state index in [1.165, 1.54) is 0 Å². The van der Waals surface area contributed by atoms with Gasteiger partial charge in [-0.3, -0.25) is 4.79 Å². The molecular weight excluding hydrogens is 302 g/mol. The zero-order valence-corrected chi connectivity index (χ0v) is 14.0. The highest BCUT2D eigenvalue weighted by molar-refractivity contribution is 6.04. The van der Waals surface area contributed by atoms with E-state index in [-0.39, 0.29) is 12.0 Å². The molecule has 0 aliphatic carbocycles. The van der Waals surface area contributed by atoms with Gasteiger partial charge in [-0.25, -0.2) is 0 Å². The second kappa shape index (κ2) is 7.97. The predicted molar refractivity (Wildman–Crippen MR) is 94.7 cm³/mol. The van der Waals surface area contributed by atoms with Crippen molar-refractivity contribution in [2.45, 2.75) is 32.3 Å². The van der Waals surface area contributed by atoms with Crippen molar-refractivity contribution >= 4 is 11.6 Å². The molecule has 0 radical (unpaired) electrons. The van der Waals surface area contributed by atoms with Crippen LogP contribution in [-0.4, -0.2) is 25.2 Å². The minimum Gasteiger partial charge on any atom is -0.491 e. The highest BCUT2D eigenvalue weighted by Crippen LogP contribution is 2.20. The lowest BCUT2D eigenvalue weighted by Crippen LogP contribution is -2.17. The van der Waals surface area contributed by atoms with Crippen LogP contribution < -0.4 is 10.1 Å². The van der Waals surface area contributed by atoms with Crippen LogP contribution in [-0.2, 0) is 11.2 Å². The molecule has 0 spiro atoms. The molecule has 0 unspecified atom stereocenters. The van der Waals surface area contributed by atoms with E-state index >= 15 is 0 Å². The van der Waals surface area contributed by atoms with Gasteiger partial charge in [-0.2, -0.15) is 0 Å². The van der Waals surface area contributed by atoms with Crippen LogP contribution in [0, 0.1) is 0 Å². The van der Waals surface area contributed by atoms with Gasteiger partial charge in [-0.15, -0.1) is 0 Å². The molecule has 0 aromatic heterocycles. The summed E-state index contributed by atoms with van der Waals surface area (Å²) in [5, 5.41) is 2.98. The van der Waals surface area contributed by atoms with Gasteiger partial charge in [0, 0.05) is 17.9 Å². The first kappa shape index (κ1) is 16.5. The Hall–Kier alpha value is -2.33. The number of rotatable bonds is 6. The van der Waals surface area contributed by atoms with E-state index in [1.54, 1.807) is 12.1 Å². The van der Waals surface area contributed by atoms with Gasteiger partial charge in [0.15, 0.2) is 0 Å². The summed E-state index contributed by atoms with van der Waals surface area (Å²) in [6.45, 7) is 3.42. The fourth-order valence-corrected chi connectivity index (χ4v) is 2.84. The summed E-state index contributed by atoms with van der Waals surface area (Å²) in [6.07, 6.45) is 3.17. The first-order valence-corrected chi connectivity index (χ1v) is 8.50. The van der Waals surface area contributed by atoms with Gasteiger partial charge in [0.1, 0.15) is 12.4 Å². The SMILES string of the molecule is CCc1ccccc1NC(=O)c1cccc(OC[C@H]2CCCO2)c1. The highest BCUT2D eigenvalue weighted by atomic mass is 16.5. The molecule has 1 amide bonds. The zero-order chi connectivity index (χ0) is 16.8. The standard InChI is InChI=1S/C20H23NO3/c1-2-15-7-3-4-11-19(15)21-20(22)16-8-5-9-17(13-16)24-14-18-10-6-12-23-18/h3-5,7-9,11,13,18H,2,6,10,12,14H2,1H3,(H,21,22)/t18-/m1/s1. The smallest absolute Gasteiger partial charge is 0.255 e. The second-order valence-electron chi connectivity index (χ2n) is 5.94. The van der Waals surface area contributed by atoms with Gasteiger partial charge in [-0.1, -0.05) is 31.2 Å². The molecule has 1 aliphatic heterocycles. The Kier molecular flexibility index (Phi) is 5.49. The largest absolute Gasteiger partial charge is 0.491 e. The van der Waals surface area contributed by atoms with Crippen molar-refractivity contribution in [3.05, 3.63) is 59.7 Å². The number of carbonyl (C=O) groups is 1. The summed E-state index contributed by atoms with van der Waals surface area (Å²) in [6, 6.07) is 15.1. The molecule has 1 heterocycles. The average Bonchev–Trinajstić information content (AvgIpc) is 3.14. The zero-order valence-electron chi connectivity index (χ0n) is 14.0. The molecule has 1 fully saturated rings. The molecule has 4 heteroatoms. The number of hydrogen-bond donors (Lipinski definition) is 1. The van der Waals surface area contributed by atoms with Crippen LogP contribution in [0.2, 0.25) is 0 Å². The number of ether oxygens (including phenoxy) is 2. The first-order valence-electron chi connectivity index (χ1n) is 8.50. The normalized spacial score (nSPS) is 16.8. The van der Waals surface area contributed by atoms with Gasteiger partial charge in [0.25, 0.3) is 5.91 Å². The third-order valence-corrected chi connectivity index (χ3v) is 4.20. The molecule has 0 saturated carbocycles. The summed E-state index contributed by atoms with van der Waals surface area (Å²) in [5.41, 5.74) is 2.57. The summed E-state index contributed by atoms with van der Waals surface area (Å²) >= 11 is 0. The summed E-state index contributed by atoms with van der Waals surface area (Å²) < 4.78 is 11.3. The molecule has 126 valence electrons. The maximum Gasteiger partial charge on any atom is 0.255 e. The Balaban J connectivity index is 1.65. The van der Waals surface area contributed by atoms with Crippen molar-refractivity contribution in [3.8, 4) is 5.75 Å². The summed E-state index contributed by atoms with van der Waals surface area (Å²) in [5.74, 6) is 0.570. The number of benzene rings is 2. The van der Waals surface area contributed by atoms with Crippen molar-refractivity contribution in [3.63, 3.8) is 0 Å². The van der Waals surface area contributed by atoms with E-state index in [2.05, 4.69) is 12.2 Å². The Morgan fingerprint density at radius 3 is 2.92 bits per heavy atom. The van der Waals surface area contributed by atoms with E-state index in [4.69, 9.17) is 9.47 Å². The van der Waals surface area contributed by atoms with Crippen LogP contribution >= 0.6 is 0 Å². The van der Waals surface area contributed by atoms with Crippen LogP contribution in [0.15, 0.2) is 48.5 Å². The topological polar surface area (TPSA) is 47.6 Å². The van der Waals surface area contributed by atoms with E-state index in [0.29, 0.717) is 17.9 Å². The second-order valence-corrected chi connectivity index (χ2v) is 5.94. The lowest BCUT2D eigenvalue weighted by Gasteiger charge is -2.13. The fraction of sp³-hybridized carbons (Fsp3) is 0.350. The van der Waals surface area contributed by atoms with Crippen LogP contribution in [0.4, 0.5) is 5.69 Å². The summed E-state index contributed by atoms with van der Waals surface area (Å²) in [7, 11) is 0. The third kappa shape index (κ3) is 4.15. The van der Waals surface area contributed by atoms with Crippen LogP contribution in [0.5, 0.6) is 5.75 Å². The molecule has 1 N–H and O–H groups in total. The van der Waals surface area contributed by atoms with Crippen LogP contribution in [0.3, 0.4) is 0 Å². The molecule has 3 rings (SSSR count). The number of nitrogens with one attached hydrogen (secondary N) is 1. The van der Waals surface area contributed by atoms with E-state index < -0.39 is 0 Å². The first-order chi connectivity index (χ1) is 11.8. The molecule has 1 aliphatic rings. The molecule has 1 atom stereocenters. The molecule has 2 aromatic rings. The van der Waals surface area contributed by atoms with E-state index in [1.807, 2.05) is 36.4 Å². The molecular formula is C20H23NO3. The Morgan fingerprint density at radius 1 is 1.25 bits per heavy atom. The van der Waals surface area contributed by atoms with E-state index in [9.17, 15) is 4.79 Å². The number of anilines is 1. The number of aryl methyl sites for hydroxylation is 1. The Bertz CT molecular complexity index is 693. The Morgan fingerprint density at radius 2 is 2.12 bits per heavy atom. The monoisotopic (exact) mass is 325 g/mol. The van der Waals surface area contributed by atoms with Gasteiger partial charge in [-0.05, 0) is 49.1 Å². The van der Waals surface area contributed by atoms with Crippen molar-refractivity contribution in [2.75, 3.05) is 18.5 Å². The maximum atomic E-state index is 12.5. The number of para-hydroxylation sites is 1. The molecule has 2 aromatic carbocycles. The van der Waals surface area contributed by atoms with Crippen LogP contribution in [0.25, 0.3) is 0 Å². The van der Waals surface area contributed by atoms with Gasteiger partial charge in [0.05, 0.1) is 6.10 Å². The van der Waals surface area contributed by atoms with Gasteiger partial charge in [0.2, 0.25) is 0 Å². The molecule has 1 saturated heterocycles. The van der Waals surface area contributed by atoms with Crippen molar-refractivity contribution < 1.29 is 14.3 Å². The van der Waals surface area contributed by atoms with Crippen LogP contribution in [0.1, 0.15) is 35.7 Å². The minimum absolute atomic E-state index is 0.126. The minimum atomic E-state index is -0.126. The van der Waals surface area contributed by atoms with Crippen molar-refractivity contribution in [1.82, 2.24) is 0 Å². The average molecular weight is 325 g/mol. The lowest BCUT2D eigenvalue weighted by molar-refractivity contribution is 0.0679. The third-order valence-electron chi connectivity index (χ3n) is 4.20.